The Labute approximate surface area is 365 Å². The van der Waals surface area contributed by atoms with Crippen LogP contribution in [0.5, 0.6) is 5.88 Å². The Hall–Kier alpha value is -7.06. The van der Waals surface area contributed by atoms with Crippen LogP contribution in [0.25, 0.3) is 11.4 Å². The molecule has 0 bridgehead atoms. The Balaban J connectivity index is 0.000000271. The van der Waals surface area contributed by atoms with E-state index in [4.69, 9.17) is 16.3 Å². The fourth-order valence-electron chi connectivity index (χ4n) is 5.55. The molecule has 2 aromatic heterocycles. The first kappa shape index (κ1) is 51.1. The molecule has 0 saturated carbocycles. The number of anilines is 2. The number of nitrogens with one attached hydrogen (secondary N) is 2. The third-order valence-corrected chi connectivity index (χ3v) is 9.27. The van der Waals surface area contributed by atoms with Crippen LogP contribution in [0.4, 0.5) is 11.4 Å². The third-order valence-electron chi connectivity index (χ3n) is 9.27. The lowest BCUT2D eigenvalue weighted by atomic mass is 10.1. The number of aromatic nitrogens is 4. The molecule has 62 heavy (non-hydrogen) atoms. The molecule has 332 valence electrons. The van der Waals surface area contributed by atoms with Crippen molar-refractivity contribution in [1.29, 1.82) is 0 Å². The number of hydrazine groups is 1. The number of carbonyl (C=O) groups excluding carboxylic acids is 2. The quantitative estimate of drug-likeness (QED) is 0.0177. The van der Waals surface area contributed by atoms with Gasteiger partial charge in [0.15, 0.2) is 5.57 Å². The summed E-state index contributed by atoms with van der Waals surface area (Å²) in [4.78, 5) is 33.4. The third kappa shape index (κ3) is 14.9. The van der Waals surface area contributed by atoms with Crippen LogP contribution < -0.4 is 27.3 Å². The van der Waals surface area contributed by atoms with Crippen molar-refractivity contribution in [3.8, 4) is 17.3 Å². The molecule has 2 heterocycles. The molecule has 0 aliphatic heterocycles. The van der Waals surface area contributed by atoms with Crippen LogP contribution in [0, 0.1) is 69.2 Å². The molecule has 0 saturated heterocycles. The van der Waals surface area contributed by atoms with Gasteiger partial charge in [-0.05, 0) is 138 Å². The van der Waals surface area contributed by atoms with E-state index in [1.165, 1.54) is 34.9 Å². The second-order valence-electron chi connectivity index (χ2n) is 14.5. The minimum atomic E-state index is -0.788. The molecule has 0 unspecified atom stereocenters. The first-order valence-corrected chi connectivity index (χ1v) is 19.6. The molecule has 0 spiro atoms. The van der Waals surface area contributed by atoms with Crippen LogP contribution in [0.15, 0.2) is 102 Å². The number of hydrogen-bond acceptors (Lipinski definition) is 11. The number of aromatic amines is 1. The largest absolute Gasteiger partial charge is 0.503 e. The van der Waals surface area contributed by atoms with Gasteiger partial charge in [0.25, 0.3) is 5.56 Å². The van der Waals surface area contributed by atoms with Crippen molar-refractivity contribution in [3.05, 3.63) is 163 Å². The zero-order chi connectivity index (χ0) is 46.7. The highest BCUT2D eigenvalue weighted by atomic mass is 16.5. The summed E-state index contributed by atoms with van der Waals surface area (Å²) >= 11 is 0. The fourth-order valence-corrected chi connectivity index (χ4v) is 5.55. The Morgan fingerprint density at radius 3 is 1.56 bits per heavy atom. The van der Waals surface area contributed by atoms with E-state index in [0.717, 1.165) is 76.9 Å². The number of aryl methyl sites for hydroxylation is 10. The molecule has 0 fully saturated rings. The predicted molar refractivity (Wildman–Crippen MR) is 248 cm³/mol. The molecular formula is C48H63N7O7. The molecule has 6 N–H and O–H groups in total. The van der Waals surface area contributed by atoms with Crippen molar-refractivity contribution in [2.45, 2.75) is 69.2 Å². The molecule has 4 aromatic carbocycles. The van der Waals surface area contributed by atoms with Gasteiger partial charge in [-0.25, -0.2) is 19.0 Å². The lowest BCUT2D eigenvalue weighted by Crippen LogP contribution is -2.16. The first-order valence-electron chi connectivity index (χ1n) is 19.6. The Morgan fingerprint density at radius 2 is 1.13 bits per heavy atom. The Kier molecular flexibility index (Phi) is 20.5. The van der Waals surface area contributed by atoms with Gasteiger partial charge >= 0.3 is 11.9 Å². The first-order chi connectivity index (χ1) is 29.3. The summed E-state index contributed by atoms with van der Waals surface area (Å²) in [7, 11) is 5.31. The average molecular weight is 850 g/mol. The van der Waals surface area contributed by atoms with Gasteiger partial charge in [-0.1, -0.05) is 48.5 Å². The van der Waals surface area contributed by atoms with Crippen LogP contribution in [0.2, 0.25) is 0 Å². The van der Waals surface area contributed by atoms with Gasteiger partial charge in [-0.2, -0.15) is 5.10 Å². The van der Waals surface area contributed by atoms with E-state index in [1.807, 2.05) is 102 Å². The summed E-state index contributed by atoms with van der Waals surface area (Å²) in [6, 6.07) is 24.6. The van der Waals surface area contributed by atoms with Crippen LogP contribution in [-0.4, -0.2) is 59.9 Å². The number of ether oxygens (including phenoxy) is 4. The summed E-state index contributed by atoms with van der Waals surface area (Å²) < 4.78 is 21.9. The van der Waals surface area contributed by atoms with Gasteiger partial charge in [0.2, 0.25) is 5.88 Å². The normalized spacial score (nSPS) is 9.79. The van der Waals surface area contributed by atoms with E-state index in [-0.39, 0.29) is 11.1 Å². The number of nitrogens with two attached hydrogens (primary N) is 2. The van der Waals surface area contributed by atoms with Gasteiger partial charge in [-0.3, -0.25) is 15.7 Å². The number of nitrogens with zero attached hydrogens (tertiary/aromatic N) is 3. The zero-order valence-corrected chi connectivity index (χ0v) is 38.5. The standard InChI is InChI=1S/C13H16N2O.C12H14N2O.C8H12N2.C8H11N.C7H10O5/c1-9-5-6-10(2)12(7-9)15-13(16-4)11(3)8-14-15;1-8-4-5-9(2)11(6-8)14-12(15)10(3)7-13-14;1-6-3-4-7(2)8(5-6)10-9;1-6-3-4-7(2)8(9)5-6;1-10-4-5(6(8)11-2)7(9)12-3/h5-8H,1-4H3;4-7,13H,1-3H3;3-5,10H,9H2,1-2H3;3-5H,9H2,1-2H3;4H,1-3H3. The highest BCUT2D eigenvalue weighted by Crippen LogP contribution is 2.24. The number of esters is 2. The van der Waals surface area contributed by atoms with Crippen molar-refractivity contribution in [1.82, 2.24) is 19.6 Å². The molecular weight excluding hydrogens is 787 g/mol. The maximum Gasteiger partial charge on any atom is 0.348 e. The monoisotopic (exact) mass is 849 g/mol. The predicted octanol–water partition coefficient (Wildman–Crippen LogP) is 8.23. The average Bonchev–Trinajstić information content (AvgIpc) is 3.80. The number of nitrogen functional groups attached to an aromatic ring is 2. The van der Waals surface area contributed by atoms with E-state index < -0.39 is 11.9 Å². The van der Waals surface area contributed by atoms with Gasteiger partial charge < -0.3 is 30.1 Å². The summed E-state index contributed by atoms with van der Waals surface area (Å²) in [5.74, 6) is 4.49. The van der Waals surface area contributed by atoms with Crippen molar-refractivity contribution in [2.75, 3.05) is 39.6 Å². The van der Waals surface area contributed by atoms with E-state index in [0.29, 0.717) is 0 Å². The second-order valence-corrected chi connectivity index (χ2v) is 14.5. The van der Waals surface area contributed by atoms with Gasteiger partial charge in [0, 0.05) is 23.0 Å². The van der Waals surface area contributed by atoms with Crippen LogP contribution in [0.3, 0.4) is 0 Å². The minimum Gasteiger partial charge on any atom is -0.503 e. The Bertz CT molecular complexity index is 2480. The van der Waals surface area contributed by atoms with Crippen molar-refractivity contribution >= 4 is 23.3 Å². The number of methoxy groups -OCH3 is 4. The molecule has 6 aromatic rings. The van der Waals surface area contributed by atoms with Gasteiger partial charge in [0.05, 0.1) is 51.7 Å². The maximum absolute atomic E-state index is 11.8. The topological polar surface area (TPSA) is 191 Å². The SMILES string of the molecule is COC=C(C(=O)OC)C(=O)OC.COc1c(C)cnn1-c1cc(C)ccc1C.Cc1ccc(C)c(-n2[nH]cc(C)c2=O)c1.Cc1ccc(C)c(N)c1.Cc1ccc(C)c(NN)c1. The maximum atomic E-state index is 11.8. The van der Waals surface area contributed by atoms with Crippen LogP contribution >= 0.6 is 0 Å². The summed E-state index contributed by atoms with van der Waals surface area (Å²) in [5, 5.41) is 7.31. The van der Waals surface area contributed by atoms with E-state index >= 15 is 0 Å². The van der Waals surface area contributed by atoms with Crippen molar-refractivity contribution < 1.29 is 28.5 Å². The lowest BCUT2D eigenvalue weighted by molar-refractivity contribution is -0.144. The molecule has 0 aliphatic carbocycles. The lowest BCUT2D eigenvalue weighted by Gasteiger charge is -2.10. The van der Waals surface area contributed by atoms with E-state index in [2.05, 4.69) is 74.0 Å². The smallest absolute Gasteiger partial charge is 0.348 e. The van der Waals surface area contributed by atoms with E-state index in [9.17, 15) is 14.4 Å². The second kappa shape index (κ2) is 24.9. The molecule has 0 aliphatic rings. The van der Waals surface area contributed by atoms with Crippen molar-refractivity contribution in [3.63, 3.8) is 0 Å². The number of H-pyrrole nitrogens is 1. The molecule has 6 rings (SSSR count). The summed E-state index contributed by atoms with van der Waals surface area (Å²) in [6.45, 7) is 20.1. The zero-order valence-electron chi connectivity index (χ0n) is 38.5. The van der Waals surface area contributed by atoms with Gasteiger partial charge in [-0.15, -0.1) is 0 Å². The molecule has 14 nitrogen and oxygen atoms in total. The highest BCUT2D eigenvalue weighted by molar-refractivity contribution is 6.13. The fraction of sp³-hybridized carbons (Fsp3) is 0.292. The molecule has 0 radical (unpaired) electrons. The van der Waals surface area contributed by atoms with E-state index in [1.54, 1.807) is 24.9 Å². The number of hydrogen-bond donors (Lipinski definition) is 4. The number of rotatable bonds is 7. The molecule has 0 amide bonds. The minimum absolute atomic E-state index is 0.0173. The summed E-state index contributed by atoms with van der Waals surface area (Å²) in [5.41, 5.74) is 23.1. The molecule has 14 heteroatoms. The number of carbonyl (C=O) groups is 2. The van der Waals surface area contributed by atoms with Crippen molar-refractivity contribution in [2.24, 2.45) is 5.84 Å². The highest BCUT2D eigenvalue weighted by Gasteiger charge is 2.20. The number of benzene rings is 4. The van der Waals surface area contributed by atoms with Crippen LogP contribution in [0.1, 0.15) is 55.6 Å². The van der Waals surface area contributed by atoms with Crippen LogP contribution in [-0.2, 0) is 23.8 Å². The molecule has 0 atom stereocenters. The summed E-state index contributed by atoms with van der Waals surface area (Å²) in [6.07, 6.45) is 4.52. The Morgan fingerprint density at radius 1 is 0.645 bits per heavy atom. The van der Waals surface area contributed by atoms with Gasteiger partial charge in [0.1, 0.15) is 6.26 Å².